The van der Waals surface area contributed by atoms with Crippen LogP contribution < -0.4 is 5.32 Å². The lowest BCUT2D eigenvalue weighted by molar-refractivity contribution is -0.00347. The van der Waals surface area contributed by atoms with E-state index >= 15 is 0 Å². The fraction of sp³-hybridized carbons (Fsp3) is 0.588. The molecule has 2 rings (SSSR count). The van der Waals surface area contributed by atoms with Gasteiger partial charge in [-0.1, -0.05) is 25.0 Å². The maximum Gasteiger partial charge on any atom is 0.408 e. The molecule has 0 radical (unpaired) electrons. The number of aliphatic hydroxyl groups is 1. The molecule has 122 valence electrons. The van der Waals surface area contributed by atoms with Crippen molar-refractivity contribution in [1.29, 1.82) is 0 Å². The minimum atomic E-state index is -1.02. The molecule has 1 aliphatic rings. The second kappa shape index (κ2) is 6.24. The summed E-state index contributed by atoms with van der Waals surface area (Å²) in [6.07, 6.45) is 2.44. The first kappa shape index (κ1) is 16.7. The van der Waals surface area contributed by atoms with Crippen LogP contribution in [0.2, 0.25) is 0 Å². The minimum absolute atomic E-state index is 0.349. The molecule has 22 heavy (non-hydrogen) atoms. The van der Waals surface area contributed by atoms with Gasteiger partial charge in [0.15, 0.2) is 0 Å². The number of benzene rings is 1. The summed E-state index contributed by atoms with van der Waals surface area (Å²) < 4.78 is 18.4. The maximum absolute atomic E-state index is 13.1. The first-order chi connectivity index (χ1) is 10.2. The largest absolute Gasteiger partial charge is 0.444 e. The molecular formula is C17H24FNO3. The van der Waals surface area contributed by atoms with E-state index in [9.17, 15) is 14.3 Å². The summed E-state index contributed by atoms with van der Waals surface area (Å²) in [4.78, 5) is 12.1. The van der Waals surface area contributed by atoms with Crippen LogP contribution in [0.4, 0.5) is 9.18 Å². The van der Waals surface area contributed by atoms with Crippen molar-refractivity contribution in [2.75, 3.05) is 0 Å². The van der Waals surface area contributed by atoms with Gasteiger partial charge in [-0.3, -0.25) is 0 Å². The number of halogens is 1. The third-order valence-corrected chi connectivity index (χ3v) is 3.87. The van der Waals surface area contributed by atoms with E-state index in [1.807, 2.05) is 0 Å². The summed E-state index contributed by atoms with van der Waals surface area (Å²) in [6.45, 7) is 5.34. The summed E-state index contributed by atoms with van der Waals surface area (Å²) in [7, 11) is 0. The highest BCUT2D eigenvalue weighted by molar-refractivity contribution is 5.68. The molecule has 1 atom stereocenters. The van der Waals surface area contributed by atoms with Gasteiger partial charge in [0.05, 0.1) is 11.6 Å². The molecule has 0 saturated heterocycles. The molecule has 1 unspecified atom stereocenters. The quantitative estimate of drug-likeness (QED) is 0.895. The third kappa shape index (κ3) is 4.19. The van der Waals surface area contributed by atoms with Gasteiger partial charge in [0.25, 0.3) is 0 Å². The summed E-state index contributed by atoms with van der Waals surface area (Å²) in [5.74, 6) is -0.349. The van der Waals surface area contributed by atoms with Crippen LogP contribution >= 0.6 is 0 Å². The standard InChI is InChI=1S/C17H24FNO3/c1-16(2,3)22-15(20)19-14(17(21)10-4-5-11-17)12-6-8-13(18)9-7-12/h6-9,14,21H,4-5,10-11H2,1-3H3,(H,19,20). The zero-order valence-electron chi connectivity index (χ0n) is 13.4. The lowest BCUT2D eigenvalue weighted by atomic mass is 9.87. The average molecular weight is 309 g/mol. The Morgan fingerprint density at radius 2 is 1.82 bits per heavy atom. The van der Waals surface area contributed by atoms with Crippen LogP contribution in [0.3, 0.4) is 0 Å². The zero-order valence-corrected chi connectivity index (χ0v) is 13.4. The topological polar surface area (TPSA) is 58.6 Å². The molecule has 1 aromatic rings. The second-order valence-corrected chi connectivity index (χ2v) is 6.94. The van der Waals surface area contributed by atoms with E-state index in [0.29, 0.717) is 18.4 Å². The van der Waals surface area contributed by atoms with Gasteiger partial charge in [-0.2, -0.15) is 0 Å². The first-order valence-electron chi connectivity index (χ1n) is 7.67. The molecule has 1 aromatic carbocycles. The molecule has 0 aromatic heterocycles. The molecule has 0 aliphatic heterocycles. The molecule has 0 spiro atoms. The van der Waals surface area contributed by atoms with Gasteiger partial charge >= 0.3 is 6.09 Å². The maximum atomic E-state index is 13.1. The van der Waals surface area contributed by atoms with Crippen molar-refractivity contribution in [2.24, 2.45) is 0 Å². The number of ether oxygens (including phenoxy) is 1. The molecule has 0 bridgehead atoms. The van der Waals surface area contributed by atoms with Crippen LogP contribution in [-0.4, -0.2) is 22.4 Å². The van der Waals surface area contributed by atoms with E-state index < -0.39 is 23.3 Å². The van der Waals surface area contributed by atoms with Crippen molar-refractivity contribution in [3.05, 3.63) is 35.6 Å². The van der Waals surface area contributed by atoms with Gasteiger partial charge in [-0.15, -0.1) is 0 Å². The van der Waals surface area contributed by atoms with Gasteiger partial charge in [0, 0.05) is 0 Å². The van der Waals surface area contributed by atoms with E-state index in [-0.39, 0.29) is 5.82 Å². The number of rotatable bonds is 3. The van der Waals surface area contributed by atoms with Crippen LogP contribution in [0.25, 0.3) is 0 Å². The molecular weight excluding hydrogens is 285 g/mol. The molecule has 5 heteroatoms. The van der Waals surface area contributed by atoms with E-state index in [1.54, 1.807) is 32.9 Å². The van der Waals surface area contributed by atoms with Crippen LogP contribution in [0.5, 0.6) is 0 Å². The summed E-state index contributed by atoms with van der Waals surface area (Å²) in [5, 5.41) is 13.6. The normalized spacial score (nSPS) is 18.8. The minimum Gasteiger partial charge on any atom is -0.444 e. The average Bonchev–Trinajstić information content (AvgIpc) is 2.83. The Bertz CT molecular complexity index is 516. The van der Waals surface area contributed by atoms with Crippen molar-refractivity contribution in [3.63, 3.8) is 0 Å². The Hall–Kier alpha value is -1.62. The monoisotopic (exact) mass is 309 g/mol. The van der Waals surface area contributed by atoms with E-state index in [1.165, 1.54) is 12.1 Å². The lowest BCUT2D eigenvalue weighted by Gasteiger charge is -2.34. The number of nitrogens with one attached hydrogen (secondary N) is 1. The predicted octanol–water partition coefficient (Wildman–Crippen LogP) is 3.70. The number of alkyl carbamates (subject to hydrolysis) is 1. The van der Waals surface area contributed by atoms with Crippen molar-refractivity contribution in [2.45, 2.75) is 63.7 Å². The highest BCUT2D eigenvalue weighted by Gasteiger charge is 2.41. The van der Waals surface area contributed by atoms with E-state index in [2.05, 4.69) is 5.32 Å². The van der Waals surface area contributed by atoms with E-state index in [4.69, 9.17) is 4.74 Å². The molecule has 1 fully saturated rings. The summed E-state index contributed by atoms with van der Waals surface area (Å²) >= 11 is 0. The molecule has 4 nitrogen and oxygen atoms in total. The smallest absolute Gasteiger partial charge is 0.408 e. The number of carbonyl (C=O) groups is 1. The van der Waals surface area contributed by atoms with Crippen LogP contribution in [0.15, 0.2) is 24.3 Å². The summed E-state index contributed by atoms with van der Waals surface area (Å²) in [6, 6.07) is 5.24. The predicted molar refractivity (Wildman–Crippen MR) is 81.9 cm³/mol. The highest BCUT2D eigenvalue weighted by atomic mass is 19.1. The first-order valence-corrected chi connectivity index (χ1v) is 7.67. The van der Waals surface area contributed by atoms with Gasteiger partial charge in [-0.05, 0) is 51.3 Å². The summed E-state index contributed by atoms with van der Waals surface area (Å²) in [5.41, 5.74) is -0.957. The van der Waals surface area contributed by atoms with Gasteiger partial charge < -0.3 is 15.2 Å². The van der Waals surface area contributed by atoms with Crippen molar-refractivity contribution in [1.82, 2.24) is 5.32 Å². The van der Waals surface area contributed by atoms with Crippen LogP contribution in [0, 0.1) is 5.82 Å². The molecule has 2 N–H and O–H groups in total. The van der Waals surface area contributed by atoms with Gasteiger partial charge in [0.1, 0.15) is 11.4 Å². The lowest BCUT2D eigenvalue weighted by Crippen LogP contribution is -2.46. The SMILES string of the molecule is CC(C)(C)OC(=O)NC(c1ccc(F)cc1)C1(O)CCCC1. The zero-order chi connectivity index (χ0) is 16.4. The Morgan fingerprint density at radius 3 is 2.32 bits per heavy atom. The van der Waals surface area contributed by atoms with Crippen molar-refractivity contribution >= 4 is 6.09 Å². The van der Waals surface area contributed by atoms with Crippen LogP contribution in [-0.2, 0) is 4.74 Å². The Balaban J connectivity index is 2.22. The number of hydrogen-bond acceptors (Lipinski definition) is 3. The third-order valence-electron chi connectivity index (χ3n) is 3.87. The number of carbonyl (C=O) groups excluding carboxylic acids is 1. The molecule has 0 heterocycles. The number of amides is 1. The fourth-order valence-electron chi connectivity index (χ4n) is 2.88. The van der Waals surface area contributed by atoms with Gasteiger partial charge in [-0.25, -0.2) is 9.18 Å². The molecule has 1 saturated carbocycles. The Labute approximate surface area is 130 Å². The van der Waals surface area contributed by atoms with Gasteiger partial charge in [0.2, 0.25) is 0 Å². The Kier molecular flexibility index (Phi) is 4.75. The fourth-order valence-corrected chi connectivity index (χ4v) is 2.88. The molecule has 1 aliphatic carbocycles. The van der Waals surface area contributed by atoms with E-state index in [0.717, 1.165) is 12.8 Å². The van der Waals surface area contributed by atoms with Crippen LogP contribution in [0.1, 0.15) is 58.1 Å². The van der Waals surface area contributed by atoms with Crippen molar-refractivity contribution in [3.8, 4) is 0 Å². The second-order valence-electron chi connectivity index (χ2n) is 6.94. The molecule has 1 amide bonds. The van der Waals surface area contributed by atoms with Crippen molar-refractivity contribution < 1.29 is 19.0 Å². The number of hydrogen-bond donors (Lipinski definition) is 2. The Morgan fingerprint density at radius 1 is 1.27 bits per heavy atom. The highest BCUT2D eigenvalue weighted by Crippen LogP contribution is 2.40.